The van der Waals surface area contributed by atoms with Crippen LogP contribution in [0.15, 0.2) is 24.3 Å². The second-order valence-electron chi connectivity index (χ2n) is 8.28. The molecule has 0 nitrogen and oxygen atoms in total. The number of hydrogen-bond donors (Lipinski definition) is 0. The number of fused-ring (bicyclic) bond motifs is 1. The average Bonchev–Trinajstić information content (AvgIpc) is 2.62. The van der Waals surface area contributed by atoms with Crippen molar-refractivity contribution in [1.29, 1.82) is 0 Å². The molecule has 0 amide bonds. The van der Waals surface area contributed by atoms with Crippen molar-refractivity contribution in [2.45, 2.75) is 19.8 Å². The summed E-state index contributed by atoms with van der Waals surface area (Å²) < 4.78 is 0. The molecule has 0 aromatic heterocycles. The third-order valence-electron chi connectivity index (χ3n) is 6.68. The fourth-order valence-electron chi connectivity index (χ4n) is 4.33. The fourth-order valence-corrected chi connectivity index (χ4v) is 4.33. The molecule has 3 aromatic rings. The summed E-state index contributed by atoms with van der Waals surface area (Å²) in [5.41, 5.74) is 14.2. The first-order valence-corrected chi connectivity index (χ1v) is 9.76. The molecule has 0 fully saturated rings. The quantitative estimate of drug-likeness (QED) is 0.410. The van der Waals surface area contributed by atoms with Crippen molar-refractivity contribution in [3.05, 3.63) is 29.8 Å². The number of rotatable bonds is 2. The number of benzene rings is 3. The predicted molar refractivity (Wildman–Crippen MR) is 141 cm³/mol. The van der Waals surface area contributed by atoms with Crippen LogP contribution in [0.5, 0.6) is 0 Å². The molecule has 0 atom stereocenters. The highest BCUT2D eigenvalue weighted by Crippen LogP contribution is 2.25. The maximum absolute atomic E-state index is 2.32. The van der Waals surface area contributed by atoms with Gasteiger partial charge >= 0.3 is 0 Å². The minimum Gasteiger partial charge on any atom is -0.101 e. The summed E-state index contributed by atoms with van der Waals surface area (Å²) in [6.45, 7) is 4.51. The Bertz CT molecular complexity index is 1010. The van der Waals surface area contributed by atoms with E-state index < -0.39 is 0 Å². The van der Waals surface area contributed by atoms with Gasteiger partial charge in [0, 0.05) is 0 Å². The predicted octanol–water partition coefficient (Wildman–Crippen LogP) is -6.56. The van der Waals surface area contributed by atoms with Crippen LogP contribution in [-0.2, 0) is 0 Å². The highest BCUT2D eigenvalue weighted by atomic mass is 14.2. The normalized spacial score (nSPS) is 11.3. The minimum absolute atomic E-state index is 0.565. The summed E-state index contributed by atoms with van der Waals surface area (Å²) in [4.78, 5) is 0. The smallest absolute Gasteiger partial charge is 0.101 e. The molecule has 122 valence electrons. The Balaban J connectivity index is 2.49. The molecule has 0 saturated carbocycles. The molecule has 7 heteroatoms. The molecule has 0 unspecified atom stereocenters. The van der Waals surface area contributed by atoms with Gasteiger partial charge in [-0.15, -0.1) is 16.4 Å². The van der Waals surface area contributed by atoms with Crippen molar-refractivity contribution in [2.24, 2.45) is 0 Å². The maximum Gasteiger partial charge on any atom is 0.139 e. The van der Waals surface area contributed by atoms with Gasteiger partial charge in [0.05, 0.1) is 0 Å². The Hall–Kier alpha value is -1.63. The van der Waals surface area contributed by atoms with Crippen molar-refractivity contribution < 1.29 is 0 Å². The monoisotopic (exact) mass is 330 g/mol. The topological polar surface area (TPSA) is 0 Å². The maximum atomic E-state index is 2.32. The Morgan fingerprint density at radius 2 is 0.962 bits per heavy atom. The summed E-state index contributed by atoms with van der Waals surface area (Å²) in [6, 6.07) is 9.22. The van der Waals surface area contributed by atoms with Crippen LogP contribution in [0, 0.1) is 0 Å². The lowest BCUT2D eigenvalue weighted by atomic mass is 9.59. The van der Waals surface area contributed by atoms with Crippen molar-refractivity contribution in [3.63, 3.8) is 0 Å². The van der Waals surface area contributed by atoms with E-state index in [2.05, 4.69) is 93.0 Å². The highest BCUT2D eigenvalue weighted by molar-refractivity contribution is 6.71. The van der Waals surface area contributed by atoms with Crippen LogP contribution < -0.4 is 38.2 Å². The molecule has 0 N–H and O–H groups in total. The third-order valence-corrected chi connectivity index (χ3v) is 6.68. The van der Waals surface area contributed by atoms with Gasteiger partial charge in [-0.1, -0.05) is 60.0 Å². The second-order valence-corrected chi connectivity index (χ2v) is 8.28. The molecule has 0 saturated heterocycles. The summed E-state index contributed by atoms with van der Waals surface area (Å²) >= 11 is 0. The zero-order valence-electron chi connectivity index (χ0n) is 17.9. The highest BCUT2D eigenvalue weighted by Gasteiger charge is 2.18. The van der Waals surface area contributed by atoms with Crippen molar-refractivity contribution >= 4 is 104 Å². The molecular formula is C19H25B7. The van der Waals surface area contributed by atoms with Gasteiger partial charge in [0.2, 0.25) is 0 Å². The van der Waals surface area contributed by atoms with Crippen LogP contribution in [0.3, 0.4) is 0 Å². The molecule has 0 aliphatic rings. The third kappa shape index (κ3) is 2.80. The van der Waals surface area contributed by atoms with Crippen molar-refractivity contribution in [2.75, 3.05) is 0 Å². The van der Waals surface area contributed by atoms with Crippen LogP contribution in [0.2, 0.25) is 0 Å². The first kappa shape index (κ1) is 19.1. The molecule has 3 aromatic carbocycles. The van der Waals surface area contributed by atoms with Gasteiger partial charge in [-0.3, -0.25) is 0 Å². The van der Waals surface area contributed by atoms with Crippen LogP contribution in [0.25, 0.3) is 21.9 Å². The van der Waals surface area contributed by atoms with Crippen LogP contribution in [-0.4, -0.2) is 54.9 Å². The molecule has 0 aliphatic carbocycles. The average molecular weight is 329 g/mol. The lowest BCUT2D eigenvalue weighted by Crippen LogP contribution is -2.52. The van der Waals surface area contributed by atoms with Crippen molar-refractivity contribution in [3.8, 4) is 11.1 Å². The molecule has 0 heterocycles. The van der Waals surface area contributed by atoms with E-state index in [1.807, 2.05) is 0 Å². The van der Waals surface area contributed by atoms with Gasteiger partial charge < -0.3 is 0 Å². The summed E-state index contributed by atoms with van der Waals surface area (Å²) in [5.74, 6) is 0.565. The Labute approximate surface area is 164 Å². The van der Waals surface area contributed by atoms with Gasteiger partial charge in [-0.2, -0.15) is 0 Å². The molecule has 0 spiro atoms. The van der Waals surface area contributed by atoms with Gasteiger partial charge in [-0.05, 0) is 33.4 Å². The van der Waals surface area contributed by atoms with Crippen LogP contribution in [0.4, 0.5) is 0 Å². The SMILES string of the molecule is Bc1c(B)c(B)c2c(-c3ccc(C(C)C)cc3)c(B)c(B)c(B)c2c1B. The largest absolute Gasteiger partial charge is 0.139 e. The van der Waals surface area contributed by atoms with Crippen LogP contribution in [0.1, 0.15) is 25.3 Å². The zero-order valence-corrected chi connectivity index (χ0v) is 17.9. The number of hydrogen-bond acceptors (Lipinski definition) is 0. The van der Waals surface area contributed by atoms with Crippen molar-refractivity contribution in [1.82, 2.24) is 0 Å². The van der Waals surface area contributed by atoms with Gasteiger partial charge in [-0.25, -0.2) is 0 Å². The van der Waals surface area contributed by atoms with E-state index in [1.165, 1.54) is 65.7 Å². The molecule has 26 heavy (non-hydrogen) atoms. The zero-order chi connectivity index (χ0) is 19.3. The van der Waals surface area contributed by atoms with E-state index in [4.69, 9.17) is 0 Å². The summed E-state index contributed by atoms with van der Waals surface area (Å²) in [5, 5.41) is 2.90. The van der Waals surface area contributed by atoms with Gasteiger partial charge in [0.1, 0.15) is 54.9 Å². The lowest BCUT2D eigenvalue weighted by Gasteiger charge is -2.25. The fraction of sp³-hybridized carbons (Fsp3) is 0.158. The van der Waals surface area contributed by atoms with Gasteiger partial charge in [0.25, 0.3) is 0 Å². The molecule has 0 bridgehead atoms. The molecular weight excluding hydrogens is 304 g/mol. The van der Waals surface area contributed by atoms with E-state index in [0.29, 0.717) is 5.92 Å². The minimum atomic E-state index is 0.565. The Kier molecular flexibility index (Phi) is 5.03. The summed E-state index contributed by atoms with van der Waals surface area (Å²) in [7, 11) is 16.0. The first-order valence-electron chi connectivity index (χ1n) is 9.76. The Morgan fingerprint density at radius 1 is 0.538 bits per heavy atom. The molecule has 0 aliphatic heterocycles. The van der Waals surface area contributed by atoms with Crippen LogP contribution >= 0.6 is 0 Å². The van der Waals surface area contributed by atoms with E-state index >= 15 is 0 Å². The molecule has 0 radical (unpaired) electrons. The van der Waals surface area contributed by atoms with E-state index in [9.17, 15) is 0 Å². The summed E-state index contributed by atoms with van der Waals surface area (Å²) in [6.07, 6.45) is 0. The van der Waals surface area contributed by atoms with Gasteiger partial charge in [0.15, 0.2) is 0 Å². The molecule has 3 rings (SSSR count). The standard InChI is InChI=1S/C19H25B7/c1-7(2)8-3-5-9(6-4-8)10-11-12(15(22)17(24)13(10)20)16(23)19(26)18(25)14(11)21/h3-7H,20-26H2,1-2H3. The van der Waals surface area contributed by atoms with E-state index in [-0.39, 0.29) is 0 Å². The van der Waals surface area contributed by atoms with E-state index in [0.717, 1.165) is 0 Å². The Morgan fingerprint density at radius 3 is 1.42 bits per heavy atom. The second kappa shape index (κ2) is 6.84. The van der Waals surface area contributed by atoms with E-state index in [1.54, 1.807) is 0 Å². The first-order chi connectivity index (χ1) is 12.2. The lowest BCUT2D eigenvalue weighted by molar-refractivity contribution is 0.867.